The number of allylic oxidation sites excluding steroid dienone is 1. The molecule has 6 atom stereocenters. The average Bonchev–Trinajstić information content (AvgIpc) is 3.80. The average molecular weight is 710 g/mol. The van der Waals surface area contributed by atoms with E-state index in [1.165, 1.54) is 23.5 Å². The molecule has 282 valence electrons. The van der Waals surface area contributed by atoms with E-state index in [1.54, 1.807) is 6.08 Å². The lowest BCUT2D eigenvalue weighted by Crippen LogP contribution is -2.63. The largest absolute Gasteiger partial charge is 0.381 e. The first-order chi connectivity index (χ1) is 24.1. The molecule has 1 unspecified atom stereocenters. The number of aliphatic hydroxyl groups excluding tert-OH is 1. The summed E-state index contributed by atoms with van der Waals surface area (Å²) in [6, 6.07) is -3.68. The van der Waals surface area contributed by atoms with Gasteiger partial charge < -0.3 is 31.3 Å². The summed E-state index contributed by atoms with van der Waals surface area (Å²) in [5.41, 5.74) is -1.22. The van der Waals surface area contributed by atoms with Crippen molar-refractivity contribution in [1.82, 2.24) is 36.1 Å². The summed E-state index contributed by atoms with van der Waals surface area (Å²) in [7, 11) is 0. The fraction of sp³-hybridized carbons (Fsp3) is 0.711. The number of hydrogen-bond donors (Lipinski definition) is 5. The Hall–Kier alpha value is -3.87. The van der Waals surface area contributed by atoms with Gasteiger partial charge >= 0.3 is 0 Å². The first-order valence-corrected chi connectivity index (χ1v) is 18.7. The molecular formula is C38H59N7O6. The molecule has 13 nitrogen and oxygen atoms in total. The molecule has 0 aromatic carbocycles. The number of rotatable bonds is 15. The zero-order chi connectivity index (χ0) is 37.5. The third-order valence-electron chi connectivity index (χ3n) is 10.8. The van der Waals surface area contributed by atoms with E-state index in [2.05, 4.69) is 37.8 Å². The minimum Gasteiger partial charge on any atom is -0.381 e. The van der Waals surface area contributed by atoms with Gasteiger partial charge in [0.15, 0.2) is 6.10 Å². The molecule has 4 rings (SSSR count). The molecule has 1 saturated heterocycles. The summed E-state index contributed by atoms with van der Waals surface area (Å²) in [5.74, 6) is -2.84. The summed E-state index contributed by atoms with van der Waals surface area (Å²) in [6.07, 6.45) is 12.2. The SMILES string of the molecule is C=CC(C)(C)[C@H]1CCN(C(=O)[C@@H](NC(=O)[C@@H](NC(=O)c2cnccn2)C2CCCCC2)C(C)(C)C)[C@@H]1C(=O)N[C@@H](CCC)C(O)C(=O)NC1CC1. The second-order valence-corrected chi connectivity index (χ2v) is 16.3. The molecule has 1 aromatic heterocycles. The monoisotopic (exact) mass is 709 g/mol. The van der Waals surface area contributed by atoms with E-state index >= 15 is 0 Å². The van der Waals surface area contributed by atoms with Gasteiger partial charge in [0.25, 0.3) is 11.8 Å². The van der Waals surface area contributed by atoms with E-state index in [0.29, 0.717) is 19.3 Å². The summed E-state index contributed by atoms with van der Waals surface area (Å²) >= 11 is 0. The van der Waals surface area contributed by atoms with Crippen molar-refractivity contribution in [2.75, 3.05) is 6.54 Å². The molecule has 2 aliphatic carbocycles. The Bertz CT molecular complexity index is 1400. The van der Waals surface area contributed by atoms with Gasteiger partial charge in [-0.3, -0.25) is 29.0 Å². The summed E-state index contributed by atoms with van der Waals surface area (Å²) in [6.45, 7) is 15.7. The highest BCUT2D eigenvalue weighted by molar-refractivity contribution is 5.98. The van der Waals surface area contributed by atoms with Crippen molar-refractivity contribution in [1.29, 1.82) is 0 Å². The maximum atomic E-state index is 14.7. The zero-order valence-corrected chi connectivity index (χ0v) is 31.2. The third-order valence-corrected chi connectivity index (χ3v) is 10.8. The highest BCUT2D eigenvalue weighted by Crippen LogP contribution is 2.41. The van der Waals surface area contributed by atoms with E-state index in [1.807, 2.05) is 41.5 Å². The molecule has 2 heterocycles. The first-order valence-electron chi connectivity index (χ1n) is 18.7. The van der Waals surface area contributed by atoms with E-state index in [0.717, 1.165) is 44.9 Å². The number of nitrogens with zero attached hydrogens (tertiary/aromatic N) is 3. The van der Waals surface area contributed by atoms with Crippen molar-refractivity contribution in [3.05, 3.63) is 36.9 Å². The number of hydrogen-bond acceptors (Lipinski definition) is 8. The predicted octanol–water partition coefficient (Wildman–Crippen LogP) is 3.04. The Morgan fingerprint density at radius 3 is 2.22 bits per heavy atom. The lowest BCUT2D eigenvalue weighted by atomic mass is 9.74. The van der Waals surface area contributed by atoms with E-state index in [-0.39, 0.29) is 30.1 Å². The molecule has 5 amide bonds. The van der Waals surface area contributed by atoms with Crippen LogP contribution in [0, 0.1) is 22.7 Å². The minimum atomic E-state index is -1.44. The van der Waals surface area contributed by atoms with Gasteiger partial charge in [0.05, 0.1) is 12.2 Å². The zero-order valence-electron chi connectivity index (χ0n) is 31.2. The van der Waals surface area contributed by atoms with Crippen LogP contribution in [-0.4, -0.2) is 92.4 Å². The number of carbonyl (C=O) groups is 5. The Morgan fingerprint density at radius 1 is 0.961 bits per heavy atom. The van der Waals surface area contributed by atoms with Crippen LogP contribution in [0.25, 0.3) is 0 Å². The quantitative estimate of drug-likeness (QED) is 0.172. The molecule has 0 spiro atoms. The second-order valence-electron chi connectivity index (χ2n) is 16.3. The van der Waals surface area contributed by atoms with Crippen molar-refractivity contribution in [3.8, 4) is 0 Å². The molecule has 51 heavy (non-hydrogen) atoms. The van der Waals surface area contributed by atoms with Crippen LogP contribution in [0.1, 0.15) is 116 Å². The first kappa shape index (κ1) is 39.9. The molecule has 13 heteroatoms. The molecule has 0 bridgehead atoms. The fourth-order valence-corrected chi connectivity index (χ4v) is 7.42. The molecule has 3 aliphatic rings. The van der Waals surface area contributed by atoms with Crippen LogP contribution >= 0.6 is 0 Å². The maximum absolute atomic E-state index is 14.7. The normalized spacial score (nSPS) is 22.2. The van der Waals surface area contributed by atoms with Gasteiger partial charge in [-0.15, -0.1) is 6.58 Å². The third kappa shape index (κ3) is 10.1. The van der Waals surface area contributed by atoms with Gasteiger partial charge in [0, 0.05) is 25.0 Å². The number of likely N-dealkylation sites (tertiary alicyclic amines) is 1. The Morgan fingerprint density at radius 2 is 1.65 bits per heavy atom. The van der Waals surface area contributed by atoms with Crippen molar-refractivity contribution in [3.63, 3.8) is 0 Å². The highest BCUT2D eigenvalue weighted by atomic mass is 16.3. The van der Waals surface area contributed by atoms with E-state index in [4.69, 9.17) is 0 Å². The molecule has 2 saturated carbocycles. The molecular weight excluding hydrogens is 650 g/mol. The predicted molar refractivity (Wildman–Crippen MR) is 193 cm³/mol. The fourth-order valence-electron chi connectivity index (χ4n) is 7.42. The van der Waals surface area contributed by atoms with Crippen molar-refractivity contribution < 1.29 is 29.1 Å². The topological polar surface area (TPSA) is 183 Å². The van der Waals surface area contributed by atoms with Gasteiger partial charge in [-0.1, -0.05) is 73.3 Å². The summed E-state index contributed by atoms with van der Waals surface area (Å²) in [4.78, 5) is 78.9. The van der Waals surface area contributed by atoms with E-state index in [9.17, 15) is 29.1 Å². The van der Waals surface area contributed by atoms with Crippen LogP contribution in [0.4, 0.5) is 0 Å². The number of aliphatic hydroxyl groups is 1. The standard InChI is InChI=1S/C38H59N7O6/c1-8-13-26(30(46)35(50)41-24-16-17-24)42-34(49)29-25(38(6,7)9-2)18-21-45(29)36(51)31(37(3,4)5)44-33(48)28(23-14-11-10-12-15-23)43-32(47)27-22-39-19-20-40-27/h9,19-20,22-26,28-31,46H,2,8,10-18,21H2,1,3-7H3,(H,41,50)(H,42,49)(H,43,47)(H,44,48)/t25-,26-,28-,29-,30?,31+/m0/s1. The number of carbonyl (C=O) groups excluding carboxylic acids is 5. The van der Waals surface area contributed by atoms with Gasteiger partial charge in [0.2, 0.25) is 17.7 Å². The van der Waals surface area contributed by atoms with Crippen LogP contribution < -0.4 is 21.3 Å². The number of amides is 5. The molecule has 1 aromatic rings. The maximum Gasteiger partial charge on any atom is 0.272 e. The van der Waals surface area contributed by atoms with Crippen LogP contribution in [0.15, 0.2) is 31.2 Å². The van der Waals surface area contributed by atoms with E-state index < -0.39 is 70.6 Å². The molecule has 1 aliphatic heterocycles. The summed E-state index contributed by atoms with van der Waals surface area (Å²) < 4.78 is 0. The minimum absolute atomic E-state index is 0.0495. The van der Waals surface area contributed by atoms with Gasteiger partial charge in [-0.2, -0.15) is 0 Å². The molecule has 3 fully saturated rings. The van der Waals surface area contributed by atoms with Gasteiger partial charge in [-0.25, -0.2) is 4.98 Å². The smallest absolute Gasteiger partial charge is 0.272 e. The van der Waals surface area contributed by atoms with Crippen LogP contribution in [0.3, 0.4) is 0 Å². The van der Waals surface area contributed by atoms with Crippen LogP contribution in [0.2, 0.25) is 0 Å². The summed E-state index contributed by atoms with van der Waals surface area (Å²) in [5, 5.41) is 22.7. The highest BCUT2D eigenvalue weighted by Gasteiger charge is 2.51. The van der Waals surface area contributed by atoms with Crippen molar-refractivity contribution in [2.45, 2.75) is 142 Å². The number of nitrogens with one attached hydrogen (secondary N) is 4. The second kappa shape index (κ2) is 17.1. The van der Waals surface area contributed by atoms with Gasteiger partial charge in [-0.05, 0) is 61.2 Å². The molecule has 0 radical (unpaired) electrons. The van der Waals surface area contributed by atoms with Crippen LogP contribution in [-0.2, 0) is 19.2 Å². The lowest BCUT2D eigenvalue weighted by Gasteiger charge is -2.40. The molecule has 5 N–H and O–H groups in total. The number of aromatic nitrogens is 2. The Kier molecular flexibility index (Phi) is 13.4. The van der Waals surface area contributed by atoms with Crippen LogP contribution in [0.5, 0.6) is 0 Å². The Labute approximate surface area is 302 Å². The van der Waals surface area contributed by atoms with Gasteiger partial charge in [0.1, 0.15) is 23.8 Å². The Balaban J connectivity index is 1.61. The lowest BCUT2D eigenvalue weighted by molar-refractivity contribution is -0.146. The van der Waals surface area contributed by atoms with Crippen molar-refractivity contribution >= 4 is 29.5 Å². The van der Waals surface area contributed by atoms with Crippen molar-refractivity contribution in [2.24, 2.45) is 22.7 Å².